The first kappa shape index (κ1) is 12.1. The van der Waals surface area contributed by atoms with Gasteiger partial charge in [-0.2, -0.15) is 0 Å². The van der Waals surface area contributed by atoms with Crippen LogP contribution >= 0.6 is 0 Å². The van der Waals surface area contributed by atoms with E-state index in [1.54, 1.807) is 24.7 Å². The number of nitrogens with zero attached hydrogens (tertiary/aromatic N) is 3. The predicted octanol–water partition coefficient (Wildman–Crippen LogP) is 2.26. The summed E-state index contributed by atoms with van der Waals surface area (Å²) >= 11 is 0. The van der Waals surface area contributed by atoms with Gasteiger partial charge in [0.25, 0.3) is 5.69 Å². The zero-order valence-corrected chi connectivity index (χ0v) is 9.73. The molecule has 2 aromatic rings. The fourth-order valence-corrected chi connectivity index (χ4v) is 1.54. The Morgan fingerprint density at radius 2 is 2.33 bits per heavy atom. The number of imidazole rings is 1. The second-order valence-corrected chi connectivity index (χ2v) is 3.76. The van der Waals surface area contributed by atoms with E-state index in [1.165, 1.54) is 12.1 Å². The molecular weight excluding hydrogens is 234 g/mol. The van der Waals surface area contributed by atoms with Crippen LogP contribution < -0.4 is 4.74 Å². The lowest BCUT2D eigenvalue weighted by Crippen LogP contribution is -2.03. The molecule has 1 heterocycles. The van der Waals surface area contributed by atoms with Gasteiger partial charge in [-0.15, -0.1) is 0 Å². The number of aryl methyl sites for hydroxylation is 1. The third-order valence-corrected chi connectivity index (χ3v) is 2.42. The van der Waals surface area contributed by atoms with Gasteiger partial charge in [0.05, 0.1) is 23.9 Å². The predicted molar refractivity (Wildman–Crippen MR) is 65.4 cm³/mol. The summed E-state index contributed by atoms with van der Waals surface area (Å²) in [5, 5.41) is 10.6. The highest BCUT2D eigenvalue weighted by Crippen LogP contribution is 2.19. The summed E-state index contributed by atoms with van der Waals surface area (Å²) in [5.74, 6) is 0.523. The molecule has 0 bridgehead atoms. The van der Waals surface area contributed by atoms with E-state index in [0.717, 1.165) is 13.0 Å². The number of benzene rings is 1. The SMILES string of the molecule is O=[N+]([O-])c1cccc(OCCCn2ccnc2)c1. The van der Waals surface area contributed by atoms with Crippen LogP contribution in [0.5, 0.6) is 5.75 Å². The van der Waals surface area contributed by atoms with Gasteiger partial charge in [-0.1, -0.05) is 6.07 Å². The lowest BCUT2D eigenvalue weighted by molar-refractivity contribution is -0.384. The number of nitro groups is 1. The molecule has 1 aromatic heterocycles. The zero-order valence-electron chi connectivity index (χ0n) is 9.73. The molecule has 0 aliphatic heterocycles. The van der Waals surface area contributed by atoms with E-state index < -0.39 is 4.92 Å². The molecule has 0 radical (unpaired) electrons. The molecule has 1 aromatic carbocycles. The second kappa shape index (κ2) is 5.81. The van der Waals surface area contributed by atoms with Crippen LogP contribution in [0.4, 0.5) is 5.69 Å². The highest BCUT2D eigenvalue weighted by molar-refractivity contribution is 5.37. The molecule has 0 fully saturated rings. The van der Waals surface area contributed by atoms with Crippen LogP contribution in [-0.2, 0) is 6.54 Å². The Kier molecular flexibility index (Phi) is 3.90. The van der Waals surface area contributed by atoms with Crippen molar-refractivity contribution in [3.05, 3.63) is 53.1 Å². The van der Waals surface area contributed by atoms with Crippen LogP contribution in [0.25, 0.3) is 0 Å². The molecule has 0 spiro atoms. The van der Waals surface area contributed by atoms with Gasteiger partial charge < -0.3 is 9.30 Å². The Bertz CT molecular complexity index is 511. The largest absolute Gasteiger partial charge is 0.493 e. The second-order valence-electron chi connectivity index (χ2n) is 3.76. The van der Waals surface area contributed by atoms with E-state index in [0.29, 0.717) is 12.4 Å². The number of hydrogen-bond donors (Lipinski definition) is 0. The number of non-ortho nitro benzene ring substituents is 1. The number of ether oxygens (including phenoxy) is 1. The van der Waals surface area contributed by atoms with Gasteiger partial charge in [0.2, 0.25) is 0 Å². The van der Waals surface area contributed by atoms with Crippen molar-refractivity contribution < 1.29 is 9.66 Å². The third kappa shape index (κ3) is 3.31. The highest BCUT2D eigenvalue weighted by Gasteiger charge is 2.05. The first-order valence-corrected chi connectivity index (χ1v) is 5.59. The molecular formula is C12H13N3O3. The molecule has 0 unspecified atom stereocenters. The molecule has 6 nitrogen and oxygen atoms in total. The number of rotatable bonds is 6. The Balaban J connectivity index is 1.79. The van der Waals surface area contributed by atoms with Gasteiger partial charge in [0.15, 0.2) is 0 Å². The van der Waals surface area contributed by atoms with Crippen molar-refractivity contribution in [1.29, 1.82) is 0 Å². The van der Waals surface area contributed by atoms with Crippen LogP contribution in [0.15, 0.2) is 43.0 Å². The quantitative estimate of drug-likeness (QED) is 0.446. The standard InChI is InChI=1S/C12H13N3O3/c16-15(17)11-3-1-4-12(9-11)18-8-2-6-14-7-5-13-10-14/h1,3-5,7,9-10H,2,6,8H2. The van der Waals surface area contributed by atoms with Gasteiger partial charge >= 0.3 is 0 Å². The van der Waals surface area contributed by atoms with Crippen LogP contribution in [0, 0.1) is 10.1 Å². The normalized spacial score (nSPS) is 10.2. The summed E-state index contributed by atoms with van der Waals surface area (Å²) in [4.78, 5) is 14.1. The van der Waals surface area contributed by atoms with Crippen molar-refractivity contribution >= 4 is 5.69 Å². The van der Waals surface area contributed by atoms with Crippen molar-refractivity contribution in [1.82, 2.24) is 9.55 Å². The minimum absolute atomic E-state index is 0.0436. The van der Waals surface area contributed by atoms with Gasteiger partial charge in [-0.05, 0) is 12.5 Å². The molecule has 2 rings (SSSR count). The summed E-state index contributed by atoms with van der Waals surface area (Å²) < 4.78 is 7.41. The molecule has 0 saturated carbocycles. The monoisotopic (exact) mass is 247 g/mol. The average Bonchev–Trinajstić information content (AvgIpc) is 2.88. The summed E-state index contributed by atoms with van der Waals surface area (Å²) in [7, 11) is 0. The van der Waals surface area contributed by atoms with E-state index in [1.807, 2.05) is 10.8 Å². The van der Waals surface area contributed by atoms with Crippen molar-refractivity contribution in [3.63, 3.8) is 0 Å². The fraction of sp³-hybridized carbons (Fsp3) is 0.250. The maximum atomic E-state index is 10.6. The topological polar surface area (TPSA) is 70.2 Å². The Morgan fingerprint density at radius 1 is 1.44 bits per heavy atom. The van der Waals surface area contributed by atoms with Crippen molar-refractivity contribution in [2.45, 2.75) is 13.0 Å². The lowest BCUT2D eigenvalue weighted by Gasteiger charge is -2.06. The van der Waals surface area contributed by atoms with E-state index in [4.69, 9.17) is 4.74 Å². The maximum Gasteiger partial charge on any atom is 0.273 e. The molecule has 0 aliphatic rings. The van der Waals surface area contributed by atoms with Gasteiger partial charge in [-0.25, -0.2) is 4.98 Å². The van der Waals surface area contributed by atoms with Gasteiger partial charge in [0, 0.05) is 25.0 Å². The molecule has 0 aliphatic carbocycles. The van der Waals surface area contributed by atoms with E-state index in [9.17, 15) is 10.1 Å². The van der Waals surface area contributed by atoms with Crippen LogP contribution in [-0.4, -0.2) is 21.1 Å². The number of aromatic nitrogens is 2. The minimum atomic E-state index is -0.432. The fourth-order valence-electron chi connectivity index (χ4n) is 1.54. The molecule has 6 heteroatoms. The molecule has 0 saturated heterocycles. The molecule has 0 N–H and O–H groups in total. The first-order valence-electron chi connectivity index (χ1n) is 5.59. The van der Waals surface area contributed by atoms with Crippen LogP contribution in [0.1, 0.15) is 6.42 Å². The maximum absolute atomic E-state index is 10.6. The Morgan fingerprint density at radius 3 is 3.06 bits per heavy atom. The summed E-state index contributed by atoms with van der Waals surface area (Å²) in [6.45, 7) is 1.33. The average molecular weight is 247 g/mol. The van der Waals surface area contributed by atoms with Crippen molar-refractivity contribution in [2.75, 3.05) is 6.61 Å². The van der Waals surface area contributed by atoms with Gasteiger partial charge in [-0.3, -0.25) is 10.1 Å². The van der Waals surface area contributed by atoms with E-state index in [2.05, 4.69) is 4.98 Å². The van der Waals surface area contributed by atoms with Crippen molar-refractivity contribution in [2.24, 2.45) is 0 Å². The summed E-state index contributed by atoms with van der Waals surface area (Å²) in [6, 6.07) is 6.20. The Labute approximate surface area is 104 Å². The van der Waals surface area contributed by atoms with Crippen LogP contribution in [0.3, 0.4) is 0 Å². The van der Waals surface area contributed by atoms with E-state index >= 15 is 0 Å². The summed E-state index contributed by atoms with van der Waals surface area (Å²) in [6.07, 6.45) is 6.17. The smallest absolute Gasteiger partial charge is 0.273 e. The molecule has 0 amide bonds. The first-order chi connectivity index (χ1) is 8.75. The molecule has 18 heavy (non-hydrogen) atoms. The van der Waals surface area contributed by atoms with Gasteiger partial charge in [0.1, 0.15) is 5.75 Å². The molecule has 0 atom stereocenters. The number of hydrogen-bond acceptors (Lipinski definition) is 4. The zero-order chi connectivity index (χ0) is 12.8. The number of nitro benzene ring substituents is 1. The minimum Gasteiger partial charge on any atom is -0.493 e. The molecule has 94 valence electrons. The van der Waals surface area contributed by atoms with Crippen LogP contribution in [0.2, 0.25) is 0 Å². The van der Waals surface area contributed by atoms with E-state index in [-0.39, 0.29) is 5.69 Å². The highest BCUT2D eigenvalue weighted by atomic mass is 16.6. The lowest BCUT2D eigenvalue weighted by atomic mass is 10.3. The Hall–Kier alpha value is -2.37. The summed E-state index contributed by atoms with van der Waals surface area (Å²) in [5.41, 5.74) is 0.0436. The van der Waals surface area contributed by atoms with Crippen molar-refractivity contribution in [3.8, 4) is 5.75 Å². The third-order valence-electron chi connectivity index (χ3n) is 2.42.